The fourth-order valence-electron chi connectivity index (χ4n) is 3.35. The van der Waals surface area contributed by atoms with Crippen LogP contribution >= 0.6 is 11.6 Å². The molecular weight excluding hydrogens is 322 g/mol. The Morgan fingerprint density at radius 3 is 2.58 bits per heavy atom. The standard InChI is InChI=1S/C19H14ClN3O/c1-23-15-5-3-2-4-13(15)18-17(23)16(14(10-21)19(22)24-18)11-6-8-12(20)9-7-11/h2-9,16H,22H2,1H3/t16-/m1/s1. The third-order valence-corrected chi connectivity index (χ3v) is 4.72. The van der Waals surface area contributed by atoms with Gasteiger partial charge in [0, 0.05) is 17.5 Å². The number of nitrogens with zero attached hydrogens (tertiary/aromatic N) is 2. The molecule has 0 fully saturated rings. The third-order valence-electron chi connectivity index (χ3n) is 4.47. The van der Waals surface area contributed by atoms with Gasteiger partial charge in [0.05, 0.1) is 17.1 Å². The Hall–Kier alpha value is -2.90. The van der Waals surface area contributed by atoms with Gasteiger partial charge in [-0.05, 0) is 29.8 Å². The highest BCUT2D eigenvalue weighted by atomic mass is 35.5. The summed E-state index contributed by atoms with van der Waals surface area (Å²) in [6.45, 7) is 0. The molecule has 2 heterocycles. The number of ether oxygens (including phenoxy) is 1. The minimum atomic E-state index is -0.284. The molecule has 118 valence electrons. The molecule has 0 spiro atoms. The topological polar surface area (TPSA) is 64.0 Å². The molecule has 4 rings (SSSR count). The predicted octanol–water partition coefficient (Wildman–Crippen LogP) is 4.05. The van der Waals surface area contributed by atoms with E-state index in [4.69, 9.17) is 22.1 Å². The summed E-state index contributed by atoms with van der Waals surface area (Å²) >= 11 is 6.01. The van der Waals surface area contributed by atoms with Crippen molar-refractivity contribution in [3.63, 3.8) is 0 Å². The molecule has 1 aliphatic heterocycles. The average Bonchev–Trinajstić information content (AvgIpc) is 2.87. The number of aryl methyl sites for hydroxylation is 1. The first-order valence-corrected chi connectivity index (χ1v) is 7.90. The molecule has 1 atom stereocenters. The fraction of sp³-hybridized carbons (Fsp3) is 0.105. The minimum absolute atomic E-state index is 0.154. The first kappa shape index (κ1) is 14.7. The van der Waals surface area contributed by atoms with Crippen LogP contribution in [-0.2, 0) is 7.05 Å². The number of hydrogen-bond donors (Lipinski definition) is 1. The van der Waals surface area contributed by atoms with Crippen LogP contribution in [0, 0.1) is 11.3 Å². The summed E-state index contributed by atoms with van der Waals surface area (Å²) in [5.74, 6) is 0.583. The van der Waals surface area contributed by atoms with Crippen molar-refractivity contribution in [1.82, 2.24) is 4.57 Å². The SMILES string of the molecule is Cn1c2c(c3ccccc31)OC(N)=C(C#N)[C@H]2c1ccc(Cl)cc1. The van der Waals surface area contributed by atoms with Crippen molar-refractivity contribution in [3.05, 3.63) is 76.3 Å². The fourth-order valence-corrected chi connectivity index (χ4v) is 3.48. The molecule has 5 heteroatoms. The van der Waals surface area contributed by atoms with E-state index in [9.17, 15) is 5.26 Å². The molecule has 0 unspecified atom stereocenters. The van der Waals surface area contributed by atoms with Gasteiger partial charge in [-0.3, -0.25) is 0 Å². The Morgan fingerprint density at radius 2 is 1.88 bits per heavy atom. The number of fused-ring (bicyclic) bond motifs is 3. The van der Waals surface area contributed by atoms with Crippen molar-refractivity contribution in [2.75, 3.05) is 0 Å². The molecule has 3 aromatic rings. The molecule has 24 heavy (non-hydrogen) atoms. The van der Waals surface area contributed by atoms with Gasteiger partial charge in [0.2, 0.25) is 5.88 Å². The number of nitrogens with two attached hydrogens (primary N) is 1. The number of nitriles is 1. The van der Waals surface area contributed by atoms with E-state index in [0.29, 0.717) is 16.3 Å². The van der Waals surface area contributed by atoms with Gasteiger partial charge in [0.1, 0.15) is 11.6 Å². The molecule has 0 saturated heterocycles. The first-order chi connectivity index (χ1) is 11.6. The Labute approximate surface area is 144 Å². The summed E-state index contributed by atoms with van der Waals surface area (Å²) < 4.78 is 7.90. The minimum Gasteiger partial charge on any atom is -0.438 e. The van der Waals surface area contributed by atoms with Crippen LogP contribution in [0.1, 0.15) is 17.2 Å². The van der Waals surface area contributed by atoms with Crippen LogP contribution in [0.25, 0.3) is 10.9 Å². The van der Waals surface area contributed by atoms with Crippen molar-refractivity contribution in [2.24, 2.45) is 12.8 Å². The summed E-state index contributed by atoms with van der Waals surface area (Å²) in [5.41, 5.74) is 9.38. The van der Waals surface area contributed by atoms with E-state index in [-0.39, 0.29) is 11.8 Å². The monoisotopic (exact) mass is 335 g/mol. The lowest BCUT2D eigenvalue weighted by Gasteiger charge is -2.25. The predicted molar refractivity (Wildman–Crippen MR) is 93.7 cm³/mol. The van der Waals surface area contributed by atoms with Crippen LogP contribution in [0.5, 0.6) is 5.75 Å². The van der Waals surface area contributed by atoms with Crippen molar-refractivity contribution >= 4 is 22.5 Å². The van der Waals surface area contributed by atoms with Crippen LogP contribution in [0.3, 0.4) is 0 Å². The zero-order valence-corrected chi connectivity index (χ0v) is 13.7. The number of aromatic nitrogens is 1. The van der Waals surface area contributed by atoms with E-state index in [2.05, 4.69) is 10.6 Å². The molecule has 2 N–H and O–H groups in total. The third kappa shape index (κ3) is 1.99. The Morgan fingerprint density at radius 1 is 1.17 bits per heavy atom. The van der Waals surface area contributed by atoms with Crippen molar-refractivity contribution in [2.45, 2.75) is 5.92 Å². The van der Waals surface area contributed by atoms with Gasteiger partial charge >= 0.3 is 0 Å². The molecular formula is C19H14ClN3O. The average molecular weight is 336 g/mol. The molecule has 0 radical (unpaired) electrons. The van der Waals surface area contributed by atoms with Crippen LogP contribution in [0.2, 0.25) is 5.02 Å². The molecule has 0 saturated carbocycles. The summed E-state index contributed by atoms with van der Waals surface area (Å²) in [6.07, 6.45) is 0. The Kier molecular flexibility index (Phi) is 3.26. The van der Waals surface area contributed by atoms with E-state index in [1.54, 1.807) is 0 Å². The summed E-state index contributed by atoms with van der Waals surface area (Å²) in [6, 6.07) is 17.7. The zero-order valence-electron chi connectivity index (χ0n) is 13.0. The second-order valence-corrected chi connectivity index (χ2v) is 6.20. The van der Waals surface area contributed by atoms with Crippen molar-refractivity contribution in [1.29, 1.82) is 5.26 Å². The molecule has 1 aliphatic rings. The van der Waals surface area contributed by atoms with Crippen LogP contribution in [-0.4, -0.2) is 4.57 Å². The van der Waals surface area contributed by atoms with Crippen LogP contribution in [0.15, 0.2) is 60.0 Å². The van der Waals surface area contributed by atoms with Gasteiger partial charge in [-0.1, -0.05) is 35.9 Å². The molecule has 0 bridgehead atoms. The smallest absolute Gasteiger partial charge is 0.205 e. The Balaban J connectivity index is 2.05. The van der Waals surface area contributed by atoms with Gasteiger partial charge in [-0.2, -0.15) is 5.26 Å². The zero-order chi connectivity index (χ0) is 16.8. The lowest BCUT2D eigenvalue weighted by molar-refractivity contribution is 0.394. The molecule has 2 aromatic carbocycles. The number of hydrogen-bond acceptors (Lipinski definition) is 3. The van der Waals surface area contributed by atoms with E-state index in [1.165, 1.54) is 0 Å². The molecule has 4 nitrogen and oxygen atoms in total. The van der Waals surface area contributed by atoms with E-state index < -0.39 is 0 Å². The normalized spacial score (nSPS) is 16.6. The van der Waals surface area contributed by atoms with Gasteiger partial charge < -0.3 is 15.0 Å². The highest BCUT2D eigenvalue weighted by molar-refractivity contribution is 6.30. The maximum Gasteiger partial charge on any atom is 0.205 e. The highest BCUT2D eigenvalue weighted by Crippen LogP contribution is 2.46. The maximum atomic E-state index is 9.64. The number of benzene rings is 2. The number of rotatable bonds is 1. The van der Waals surface area contributed by atoms with Gasteiger partial charge in [-0.25, -0.2) is 0 Å². The lowest BCUT2D eigenvalue weighted by Crippen LogP contribution is -2.22. The van der Waals surface area contributed by atoms with Crippen LogP contribution < -0.4 is 10.5 Å². The van der Waals surface area contributed by atoms with Crippen LogP contribution in [0.4, 0.5) is 0 Å². The number of allylic oxidation sites excluding steroid dienone is 1. The lowest BCUT2D eigenvalue weighted by atomic mass is 9.87. The second kappa shape index (κ2) is 5.33. The first-order valence-electron chi connectivity index (χ1n) is 7.52. The quantitative estimate of drug-likeness (QED) is 0.729. The molecule has 1 aromatic heterocycles. The van der Waals surface area contributed by atoms with Gasteiger partial charge in [0.25, 0.3) is 0 Å². The van der Waals surface area contributed by atoms with Crippen molar-refractivity contribution in [3.8, 4) is 11.8 Å². The molecule has 0 amide bonds. The summed E-state index contributed by atoms with van der Waals surface area (Å²) in [5, 5.41) is 11.3. The number of halogens is 1. The van der Waals surface area contributed by atoms with Gasteiger partial charge in [0.15, 0.2) is 5.75 Å². The summed E-state index contributed by atoms with van der Waals surface area (Å²) in [7, 11) is 1.98. The number of para-hydroxylation sites is 1. The second-order valence-electron chi connectivity index (χ2n) is 5.77. The summed E-state index contributed by atoms with van der Waals surface area (Å²) in [4.78, 5) is 0. The van der Waals surface area contributed by atoms with E-state index >= 15 is 0 Å². The molecule has 0 aliphatic carbocycles. The van der Waals surface area contributed by atoms with E-state index in [0.717, 1.165) is 22.2 Å². The maximum absolute atomic E-state index is 9.64. The van der Waals surface area contributed by atoms with Gasteiger partial charge in [-0.15, -0.1) is 0 Å². The van der Waals surface area contributed by atoms with E-state index in [1.807, 2.05) is 55.6 Å². The Bertz CT molecular complexity index is 1030. The highest BCUT2D eigenvalue weighted by Gasteiger charge is 2.35. The van der Waals surface area contributed by atoms with Crippen molar-refractivity contribution < 1.29 is 4.74 Å². The largest absolute Gasteiger partial charge is 0.438 e.